The number of hydrogen-bond donors (Lipinski definition) is 0. The van der Waals surface area contributed by atoms with Gasteiger partial charge in [0.05, 0.1) is 12.8 Å². The Labute approximate surface area is 70.1 Å². The maximum absolute atomic E-state index is 10.8. The van der Waals surface area contributed by atoms with Gasteiger partial charge in [-0.15, -0.1) is 6.58 Å². The van der Waals surface area contributed by atoms with Gasteiger partial charge in [0.2, 0.25) is 0 Å². The summed E-state index contributed by atoms with van der Waals surface area (Å²) < 4.78 is 9.47. The number of cyclic esters (lactones) is 1. The zero-order valence-corrected chi connectivity index (χ0v) is 6.62. The van der Waals surface area contributed by atoms with Gasteiger partial charge in [-0.3, -0.25) is 9.59 Å². The lowest BCUT2D eigenvalue weighted by atomic mass is 10.3. The Bertz CT molecular complexity index is 209. The van der Waals surface area contributed by atoms with Gasteiger partial charge in [0.15, 0.2) is 0 Å². The first-order chi connectivity index (χ1) is 5.72. The predicted molar refractivity (Wildman–Crippen MR) is 40.3 cm³/mol. The Balaban J connectivity index is 2.27. The lowest BCUT2D eigenvalue weighted by Gasteiger charge is -2.06. The van der Waals surface area contributed by atoms with Gasteiger partial charge in [-0.05, 0) is 0 Å². The average molecular weight is 170 g/mol. The fraction of sp³-hybridized carbons (Fsp3) is 0.500. The van der Waals surface area contributed by atoms with Crippen molar-refractivity contribution in [2.75, 3.05) is 6.61 Å². The smallest absolute Gasteiger partial charge is 0.310 e. The average Bonchev–Trinajstić information content (AvgIpc) is 2.36. The summed E-state index contributed by atoms with van der Waals surface area (Å²) in [7, 11) is 0. The van der Waals surface area contributed by atoms with Gasteiger partial charge >= 0.3 is 11.9 Å². The van der Waals surface area contributed by atoms with Crippen molar-refractivity contribution in [1.82, 2.24) is 0 Å². The van der Waals surface area contributed by atoms with Crippen LogP contribution < -0.4 is 0 Å². The van der Waals surface area contributed by atoms with Crippen LogP contribution in [0.4, 0.5) is 0 Å². The fourth-order valence-corrected chi connectivity index (χ4v) is 0.917. The molecule has 1 aliphatic rings. The van der Waals surface area contributed by atoms with E-state index in [-0.39, 0.29) is 31.4 Å². The molecule has 0 bridgehead atoms. The Hall–Kier alpha value is -1.32. The van der Waals surface area contributed by atoms with Gasteiger partial charge in [-0.25, -0.2) is 0 Å². The molecule has 0 amide bonds. The lowest BCUT2D eigenvalue weighted by Crippen LogP contribution is -2.17. The first kappa shape index (κ1) is 8.77. The molecule has 0 aromatic heterocycles. The highest BCUT2D eigenvalue weighted by Crippen LogP contribution is 2.10. The highest BCUT2D eigenvalue weighted by atomic mass is 16.6. The van der Waals surface area contributed by atoms with E-state index in [0.717, 1.165) is 0 Å². The normalized spacial score (nSPS) is 21.7. The van der Waals surface area contributed by atoms with Gasteiger partial charge in [-0.2, -0.15) is 0 Å². The topological polar surface area (TPSA) is 52.6 Å². The first-order valence-electron chi connectivity index (χ1n) is 3.68. The van der Waals surface area contributed by atoms with Gasteiger partial charge < -0.3 is 9.47 Å². The van der Waals surface area contributed by atoms with E-state index in [1.165, 1.54) is 6.08 Å². The molecule has 0 aromatic rings. The minimum atomic E-state index is -0.398. The fourth-order valence-electron chi connectivity index (χ4n) is 0.917. The van der Waals surface area contributed by atoms with Crippen LogP contribution in [0.3, 0.4) is 0 Å². The van der Waals surface area contributed by atoms with Crippen LogP contribution in [0.25, 0.3) is 0 Å². The summed E-state index contributed by atoms with van der Waals surface area (Å²) in [5, 5.41) is 0. The molecular formula is C8H10O4. The second kappa shape index (κ2) is 3.90. The summed E-state index contributed by atoms with van der Waals surface area (Å²) in [5.74, 6) is -0.681. The van der Waals surface area contributed by atoms with Crippen molar-refractivity contribution in [3.8, 4) is 0 Å². The molecule has 12 heavy (non-hydrogen) atoms. The van der Waals surface area contributed by atoms with Crippen LogP contribution in [-0.2, 0) is 19.1 Å². The highest BCUT2D eigenvalue weighted by Gasteiger charge is 2.26. The molecule has 0 aliphatic carbocycles. The summed E-state index contributed by atoms with van der Waals surface area (Å²) in [4.78, 5) is 21.4. The summed E-state index contributed by atoms with van der Waals surface area (Å²) in [5.41, 5.74) is 0. The number of ether oxygens (including phenoxy) is 2. The third-order valence-corrected chi connectivity index (χ3v) is 1.43. The van der Waals surface area contributed by atoms with Crippen LogP contribution in [-0.4, -0.2) is 24.6 Å². The maximum Gasteiger partial charge on any atom is 0.310 e. The standard InChI is InChI=1S/C8H10O4/c1-2-3-7(9)12-6-4-8(10)11-5-6/h2,6H,1,3-5H2/t6-/m0/s1. The second-order valence-corrected chi connectivity index (χ2v) is 2.49. The second-order valence-electron chi connectivity index (χ2n) is 2.49. The molecule has 0 aromatic carbocycles. The molecule has 0 saturated carbocycles. The summed E-state index contributed by atoms with van der Waals surface area (Å²) >= 11 is 0. The number of esters is 2. The zero-order chi connectivity index (χ0) is 8.97. The van der Waals surface area contributed by atoms with Crippen molar-refractivity contribution in [1.29, 1.82) is 0 Å². The highest BCUT2D eigenvalue weighted by molar-refractivity contribution is 5.74. The largest absolute Gasteiger partial charge is 0.462 e. The van der Waals surface area contributed by atoms with Crippen molar-refractivity contribution in [3.05, 3.63) is 12.7 Å². The molecule has 0 N–H and O–H groups in total. The molecule has 4 heteroatoms. The van der Waals surface area contributed by atoms with Gasteiger partial charge in [0, 0.05) is 0 Å². The zero-order valence-electron chi connectivity index (χ0n) is 6.62. The van der Waals surface area contributed by atoms with Crippen molar-refractivity contribution < 1.29 is 19.1 Å². The summed E-state index contributed by atoms with van der Waals surface area (Å²) in [6.45, 7) is 3.57. The van der Waals surface area contributed by atoms with Crippen molar-refractivity contribution in [3.63, 3.8) is 0 Å². The molecule has 4 nitrogen and oxygen atoms in total. The summed E-state index contributed by atoms with van der Waals surface area (Å²) in [6, 6.07) is 0. The maximum atomic E-state index is 10.8. The Morgan fingerprint density at radius 1 is 1.83 bits per heavy atom. The monoisotopic (exact) mass is 170 g/mol. The number of carbonyl (C=O) groups excluding carboxylic acids is 2. The first-order valence-corrected chi connectivity index (χ1v) is 3.68. The van der Waals surface area contributed by atoms with E-state index in [4.69, 9.17) is 4.74 Å². The van der Waals surface area contributed by atoms with Crippen molar-refractivity contribution >= 4 is 11.9 Å². The molecule has 0 radical (unpaired) electrons. The van der Waals surface area contributed by atoms with Crippen LogP contribution in [0.15, 0.2) is 12.7 Å². The van der Waals surface area contributed by atoms with Crippen LogP contribution in [0.2, 0.25) is 0 Å². The molecule has 1 fully saturated rings. The van der Waals surface area contributed by atoms with E-state index < -0.39 is 6.10 Å². The van der Waals surface area contributed by atoms with E-state index >= 15 is 0 Å². The molecule has 66 valence electrons. The summed E-state index contributed by atoms with van der Waals surface area (Å²) in [6.07, 6.45) is 1.40. The SMILES string of the molecule is C=CCC(=O)O[C@@H]1COC(=O)C1. The Morgan fingerprint density at radius 2 is 2.58 bits per heavy atom. The Kier molecular flexibility index (Phi) is 2.85. The third-order valence-electron chi connectivity index (χ3n) is 1.43. The van der Waals surface area contributed by atoms with Crippen LogP contribution in [0, 0.1) is 0 Å². The molecule has 0 spiro atoms. The third kappa shape index (κ3) is 2.38. The van der Waals surface area contributed by atoms with E-state index in [9.17, 15) is 9.59 Å². The Morgan fingerprint density at radius 3 is 3.08 bits per heavy atom. The van der Waals surface area contributed by atoms with E-state index in [1.807, 2.05) is 0 Å². The van der Waals surface area contributed by atoms with Crippen LogP contribution in [0.5, 0.6) is 0 Å². The minimum Gasteiger partial charge on any atom is -0.462 e. The quantitative estimate of drug-likeness (QED) is 0.455. The number of hydrogen-bond acceptors (Lipinski definition) is 4. The molecule has 0 unspecified atom stereocenters. The van der Waals surface area contributed by atoms with Crippen molar-refractivity contribution in [2.24, 2.45) is 0 Å². The molecule has 1 rings (SSSR count). The molecular weight excluding hydrogens is 160 g/mol. The van der Waals surface area contributed by atoms with E-state index in [0.29, 0.717) is 0 Å². The van der Waals surface area contributed by atoms with Crippen LogP contribution in [0.1, 0.15) is 12.8 Å². The van der Waals surface area contributed by atoms with Crippen molar-refractivity contribution in [2.45, 2.75) is 18.9 Å². The molecule has 1 aliphatic heterocycles. The van der Waals surface area contributed by atoms with Gasteiger partial charge in [-0.1, -0.05) is 6.08 Å². The molecule has 1 saturated heterocycles. The molecule has 1 atom stereocenters. The number of carbonyl (C=O) groups is 2. The minimum absolute atomic E-state index is 0.170. The van der Waals surface area contributed by atoms with Crippen LogP contribution >= 0.6 is 0 Å². The van der Waals surface area contributed by atoms with Gasteiger partial charge in [0.1, 0.15) is 12.7 Å². The lowest BCUT2D eigenvalue weighted by molar-refractivity contribution is -0.148. The predicted octanol–water partition coefficient (Wildman–Crippen LogP) is 0.421. The number of rotatable bonds is 3. The molecule has 1 heterocycles. The van der Waals surface area contributed by atoms with Gasteiger partial charge in [0.25, 0.3) is 0 Å². The van der Waals surface area contributed by atoms with E-state index in [2.05, 4.69) is 11.3 Å². The van der Waals surface area contributed by atoms with E-state index in [1.54, 1.807) is 0 Å².